The number of sulfonamides is 1. The van der Waals surface area contributed by atoms with Crippen LogP contribution in [0.4, 0.5) is 22.7 Å². The summed E-state index contributed by atoms with van der Waals surface area (Å²) in [7, 11) is -4.76. The van der Waals surface area contributed by atoms with Crippen molar-refractivity contribution in [2.45, 2.75) is 16.7 Å². The Morgan fingerprint density at radius 2 is 1.38 bits per heavy atom. The zero-order chi connectivity index (χ0) is 21.2. The summed E-state index contributed by atoms with van der Waals surface area (Å²) in [6.07, 6.45) is 0. The van der Waals surface area contributed by atoms with Crippen LogP contribution in [-0.2, 0) is 19.8 Å². The van der Waals surface area contributed by atoms with Crippen LogP contribution in [0.1, 0.15) is 5.56 Å². The van der Waals surface area contributed by atoms with E-state index in [9.17, 15) is 12.6 Å². The van der Waals surface area contributed by atoms with Gasteiger partial charge in [-0.15, -0.1) is 0 Å². The second-order valence-electron chi connectivity index (χ2n) is 6.57. The van der Waals surface area contributed by atoms with Gasteiger partial charge in [0.05, 0.1) is 4.90 Å². The number of rotatable bonds is 6. The highest BCUT2D eigenvalue weighted by atomic mass is 32.8. The SMILES string of the molecule is Cc1ccc([SH](=O)(P)Nc2ccc(N)cc2)cc1S(=O)(=O)Nc1ccc(N)cc1. The van der Waals surface area contributed by atoms with Crippen molar-refractivity contribution in [3.63, 3.8) is 0 Å². The Kier molecular flexibility index (Phi) is 5.84. The molecule has 0 amide bonds. The Hall–Kier alpha value is -2.61. The van der Waals surface area contributed by atoms with Crippen LogP contribution >= 0.6 is 8.44 Å². The first-order valence-corrected chi connectivity index (χ1v) is 13.4. The van der Waals surface area contributed by atoms with Crippen molar-refractivity contribution < 1.29 is 12.6 Å². The smallest absolute Gasteiger partial charge is 0.262 e. The van der Waals surface area contributed by atoms with Crippen molar-refractivity contribution in [2.75, 3.05) is 20.9 Å². The fraction of sp³-hybridized carbons (Fsp3) is 0.0526. The quantitative estimate of drug-likeness (QED) is 0.224. The van der Waals surface area contributed by atoms with E-state index in [1.807, 2.05) is 0 Å². The van der Waals surface area contributed by atoms with Crippen molar-refractivity contribution in [3.8, 4) is 0 Å². The van der Waals surface area contributed by atoms with Gasteiger partial charge in [-0.2, -0.15) is 0 Å². The Labute approximate surface area is 173 Å². The van der Waals surface area contributed by atoms with E-state index < -0.39 is 19.8 Å². The molecule has 0 bridgehead atoms. The maximum Gasteiger partial charge on any atom is 0.262 e. The van der Waals surface area contributed by atoms with Gasteiger partial charge in [0.1, 0.15) is 0 Å². The molecule has 3 aromatic rings. The predicted octanol–water partition coefficient (Wildman–Crippen LogP) is 3.15. The second-order valence-corrected chi connectivity index (χ2v) is 12.5. The second kappa shape index (κ2) is 8.02. The minimum Gasteiger partial charge on any atom is -0.399 e. The Morgan fingerprint density at radius 1 is 0.862 bits per heavy atom. The normalized spacial score (nSPS) is 12.3. The summed E-state index contributed by atoms with van der Waals surface area (Å²) in [5.41, 5.74) is 14.0. The first kappa shape index (κ1) is 21.1. The average molecular weight is 451 g/mol. The molecular formula is C19H23N4O3PS2. The minimum atomic E-state index is -3.88. The van der Waals surface area contributed by atoms with Crippen molar-refractivity contribution in [1.82, 2.24) is 0 Å². The fourth-order valence-corrected chi connectivity index (χ4v) is 6.29. The third-order valence-corrected chi connectivity index (χ3v) is 8.65. The van der Waals surface area contributed by atoms with E-state index in [0.717, 1.165) is 0 Å². The van der Waals surface area contributed by atoms with Gasteiger partial charge in [0.15, 0.2) is 0 Å². The summed E-state index contributed by atoms with van der Waals surface area (Å²) in [6, 6.07) is 17.9. The summed E-state index contributed by atoms with van der Waals surface area (Å²) in [6.45, 7) is 1.68. The molecule has 154 valence electrons. The van der Waals surface area contributed by atoms with Crippen molar-refractivity contribution in [2.24, 2.45) is 0 Å². The van der Waals surface area contributed by atoms with Gasteiger partial charge in [-0.25, -0.2) is 8.42 Å². The van der Waals surface area contributed by atoms with Gasteiger partial charge in [-0.05, 0) is 91.3 Å². The molecule has 3 aromatic carbocycles. The molecule has 0 fully saturated rings. The van der Waals surface area contributed by atoms with Gasteiger partial charge >= 0.3 is 0 Å². The fourth-order valence-electron chi connectivity index (χ4n) is 2.66. The largest absolute Gasteiger partial charge is 0.399 e. The van der Waals surface area contributed by atoms with Crippen LogP contribution in [0.5, 0.6) is 0 Å². The van der Waals surface area contributed by atoms with Crippen molar-refractivity contribution in [1.29, 1.82) is 0 Å². The number of anilines is 4. The number of hydrogen-bond donors (Lipinski definition) is 5. The molecular weight excluding hydrogens is 427 g/mol. The van der Waals surface area contributed by atoms with E-state index >= 15 is 0 Å². The summed E-state index contributed by atoms with van der Waals surface area (Å²) in [5, 5.41) is 0. The number of nitrogens with one attached hydrogen (secondary N) is 2. The molecule has 0 spiro atoms. The molecule has 1 unspecified atom stereocenters. The number of thiol groups is 1. The van der Waals surface area contributed by atoms with Crippen molar-refractivity contribution >= 4 is 51.0 Å². The highest BCUT2D eigenvalue weighted by molar-refractivity contribution is 8.46. The van der Waals surface area contributed by atoms with E-state index in [1.54, 1.807) is 67.6 Å². The number of hydrogen-bond acceptors (Lipinski definition) is 5. The molecule has 0 aliphatic heterocycles. The lowest BCUT2D eigenvalue weighted by atomic mass is 10.2. The third-order valence-electron chi connectivity index (χ3n) is 4.21. The van der Waals surface area contributed by atoms with E-state index in [4.69, 9.17) is 11.5 Å². The standard InChI is InChI=1S/C19H23N4O3PS2/c1-13-2-11-18(29(26,27)23-17-9-5-15(21)6-10-17)12-19(13)28(24,25)22-16-7-3-14(20)4-8-16/h2-12,22,29H,20-21,27H2,1H3,(H,23,26). The highest BCUT2D eigenvalue weighted by Gasteiger charge is 2.21. The number of benzene rings is 3. The first-order valence-electron chi connectivity index (χ1n) is 8.59. The lowest BCUT2D eigenvalue weighted by molar-refractivity contribution is 0.600. The van der Waals surface area contributed by atoms with Gasteiger partial charge < -0.3 is 16.2 Å². The molecule has 7 nitrogen and oxygen atoms in total. The predicted molar refractivity (Wildman–Crippen MR) is 125 cm³/mol. The first-order chi connectivity index (χ1) is 13.6. The number of nitrogens with two attached hydrogens (primary N) is 2. The van der Waals surface area contributed by atoms with Crippen LogP contribution < -0.4 is 20.9 Å². The van der Waals surface area contributed by atoms with Gasteiger partial charge in [-0.3, -0.25) is 8.93 Å². The summed E-state index contributed by atoms with van der Waals surface area (Å²) in [5.74, 6) is 0. The van der Waals surface area contributed by atoms with Gasteiger partial charge in [0.2, 0.25) is 0 Å². The van der Waals surface area contributed by atoms with Crippen molar-refractivity contribution in [3.05, 3.63) is 72.3 Å². The van der Waals surface area contributed by atoms with Gasteiger partial charge in [0.25, 0.3) is 10.0 Å². The zero-order valence-electron chi connectivity index (χ0n) is 15.7. The van der Waals surface area contributed by atoms with E-state index in [1.165, 1.54) is 6.07 Å². The molecule has 0 radical (unpaired) electrons. The van der Waals surface area contributed by atoms with E-state index in [0.29, 0.717) is 33.2 Å². The van der Waals surface area contributed by atoms with E-state index in [-0.39, 0.29) is 4.90 Å². The van der Waals surface area contributed by atoms with Gasteiger partial charge in [-0.1, -0.05) is 6.07 Å². The van der Waals surface area contributed by atoms with E-state index in [2.05, 4.69) is 17.9 Å². The topological polar surface area (TPSA) is 127 Å². The van der Waals surface area contributed by atoms with Gasteiger partial charge in [0, 0.05) is 27.6 Å². The summed E-state index contributed by atoms with van der Waals surface area (Å²) in [4.78, 5) is 0.413. The molecule has 1 atom stereocenters. The number of aryl methyl sites for hydroxylation is 1. The maximum absolute atomic E-state index is 13.2. The molecule has 0 saturated heterocycles. The summed E-state index contributed by atoms with van der Waals surface area (Å²) < 4.78 is 44.5. The molecule has 0 heterocycles. The lowest BCUT2D eigenvalue weighted by Gasteiger charge is -2.23. The monoisotopic (exact) mass is 450 g/mol. The Balaban J connectivity index is 1.93. The zero-order valence-corrected chi connectivity index (χ0v) is 18.5. The Morgan fingerprint density at radius 3 is 1.93 bits per heavy atom. The highest BCUT2D eigenvalue weighted by Crippen LogP contribution is 2.31. The number of nitrogen functional groups attached to an aromatic ring is 2. The molecule has 0 saturated carbocycles. The van der Waals surface area contributed by atoms with Crippen LogP contribution in [0.2, 0.25) is 0 Å². The van der Waals surface area contributed by atoms with Crippen LogP contribution in [0.25, 0.3) is 0 Å². The molecule has 0 aliphatic carbocycles. The third kappa shape index (κ3) is 5.06. The average Bonchev–Trinajstić information content (AvgIpc) is 2.65. The van der Waals surface area contributed by atoms with Crippen LogP contribution in [0, 0.1) is 6.92 Å². The molecule has 29 heavy (non-hydrogen) atoms. The summed E-state index contributed by atoms with van der Waals surface area (Å²) >= 11 is 0. The molecule has 10 heteroatoms. The maximum atomic E-state index is 13.2. The molecule has 6 N–H and O–H groups in total. The van der Waals surface area contributed by atoms with Crippen LogP contribution in [0.3, 0.4) is 0 Å². The van der Waals surface area contributed by atoms with Crippen LogP contribution in [-0.4, -0.2) is 12.6 Å². The molecule has 3 rings (SSSR count). The molecule has 0 aromatic heterocycles. The van der Waals surface area contributed by atoms with Crippen LogP contribution in [0.15, 0.2) is 76.5 Å². The molecule has 0 aliphatic rings. The Bertz CT molecular complexity index is 1180. The minimum absolute atomic E-state index is 0.0496. The lowest BCUT2D eigenvalue weighted by Crippen LogP contribution is -2.18.